The summed E-state index contributed by atoms with van der Waals surface area (Å²) in [5.74, 6) is 1.43. The Bertz CT molecular complexity index is 1280. The number of fused-ring (bicyclic) bond motifs is 1. The van der Waals surface area contributed by atoms with E-state index in [-0.39, 0.29) is 29.6 Å². The highest BCUT2D eigenvalue weighted by molar-refractivity contribution is 7.90. The first-order valence-corrected chi connectivity index (χ1v) is 11.9. The predicted octanol–water partition coefficient (Wildman–Crippen LogP) is 3.12. The van der Waals surface area contributed by atoms with Gasteiger partial charge >= 0.3 is 0 Å². The fourth-order valence-electron chi connectivity index (χ4n) is 3.64. The van der Waals surface area contributed by atoms with E-state index >= 15 is 0 Å². The van der Waals surface area contributed by atoms with Gasteiger partial charge in [0.2, 0.25) is 5.91 Å². The molecule has 2 N–H and O–H groups in total. The van der Waals surface area contributed by atoms with E-state index in [4.69, 9.17) is 0 Å². The molecule has 0 saturated heterocycles. The Morgan fingerprint density at radius 2 is 2.00 bits per heavy atom. The normalized spacial score (nSPS) is 15.5. The van der Waals surface area contributed by atoms with Gasteiger partial charge in [-0.3, -0.25) is 14.5 Å². The number of amidine groups is 1. The number of hydrogen-bond donors (Lipinski definition) is 2. The molecule has 2 heterocycles. The van der Waals surface area contributed by atoms with Gasteiger partial charge in [-0.1, -0.05) is 38.1 Å². The van der Waals surface area contributed by atoms with Crippen molar-refractivity contribution in [2.24, 2.45) is 4.99 Å². The van der Waals surface area contributed by atoms with Crippen LogP contribution in [0.3, 0.4) is 0 Å². The largest absolute Gasteiger partial charge is 0.330 e. The fraction of sp³-hybridized carbons (Fsp3) is 0.261. The maximum Gasteiger partial charge on any atom is 0.263 e. The Morgan fingerprint density at radius 1 is 1.19 bits per heavy atom. The third-order valence-electron chi connectivity index (χ3n) is 5.10. The lowest BCUT2D eigenvalue weighted by Crippen LogP contribution is -2.23. The Kier molecular flexibility index (Phi) is 6.09. The summed E-state index contributed by atoms with van der Waals surface area (Å²) in [7, 11) is -3.58. The lowest BCUT2D eigenvalue weighted by Gasteiger charge is -2.12. The molecule has 1 amide bonds. The van der Waals surface area contributed by atoms with Gasteiger partial charge in [0.25, 0.3) is 10.0 Å². The van der Waals surface area contributed by atoms with Gasteiger partial charge in [0, 0.05) is 42.5 Å². The summed E-state index contributed by atoms with van der Waals surface area (Å²) in [5.41, 5.74) is 2.29. The van der Waals surface area contributed by atoms with Crippen LogP contribution in [0.1, 0.15) is 43.1 Å². The highest BCUT2D eigenvalue weighted by Gasteiger charge is 2.29. The van der Waals surface area contributed by atoms with Crippen LogP contribution in [0.2, 0.25) is 0 Å². The zero-order valence-electron chi connectivity index (χ0n) is 17.9. The summed E-state index contributed by atoms with van der Waals surface area (Å²) >= 11 is 0. The first-order chi connectivity index (χ1) is 15.3. The second-order valence-corrected chi connectivity index (χ2v) is 9.55. The van der Waals surface area contributed by atoms with Crippen molar-refractivity contribution in [2.75, 3.05) is 11.9 Å². The number of nitrogens with zero attached hydrogens (tertiary/aromatic N) is 3. The topological polar surface area (TPSA) is 105 Å². The number of aromatic nitrogens is 2. The van der Waals surface area contributed by atoms with Crippen LogP contribution in [0.15, 0.2) is 70.8 Å². The van der Waals surface area contributed by atoms with Crippen LogP contribution in [-0.4, -0.2) is 36.3 Å². The fourth-order valence-corrected chi connectivity index (χ4v) is 4.89. The molecule has 166 valence electrons. The summed E-state index contributed by atoms with van der Waals surface area (Å²) in [5, 5.41) is 2.89. The highest BCUT2D eigenvalue weighted by atomic mass is 32.2. The average Bonchev–Trinajstić information content (AvgIpc) is 3.31. The molecule has 1 aromatic heterocycles. The second kappa shape index (κ2) is 8.96. The summed E-state index contributed by atoms with van der Waals surface area (Å²) in [6.07, 6.45) is 3.89. The highest BCUT2D eigenvalue weighted by Crippen LogP contribution is 2.22. The number of imidazole rings is 1. The Hall–Kier alpha value is -3.46. The zero-order chi connectivity index (χ0) is 22.7. The van der Waals surface area contributed by atoms with Crippen LogP contribution in [0.4, 0.5) is 5.69 Å². The van der Waals surface area contributed by atoms with Crippen LogP contribution in [0.25, 0.3) is 0 Å². The minimum atomic E-state index is -3.58. The summed E-state index contributed by atoms with van der Waals surface area (Å²) in [6.45, 7) is 5.05. The number of anilines is 1. The molecule has 9 heteroatoms. The van der Waals surface area contributed by atoms with E-state index in [1.807, 2.05) is 30.5 Å². The summed E-state index contributed by atoms with van der Waals surface area (Å²) in [6, 6.07) is 14.3. The molecule has 0 atom stereocenters. The maximum absolute atomic E-state index is 12.4. The van der Waals surface area contributed by atoms with E-state index in [1.165, 1.54) is 6.07 Å². The van der Waals surface area contributed by atoms with Crippen molar-refractivity contribution < 1.29 is 13.2 Å². The number of aliphatic imine (C=N–C) groups is 1. The van der Waals surface area contributed by atoms with Crippen LogP contribution < -0.4 is 10.0 Å². The van der Waals surface area contributed by atoms with E-state index in [0.29, 0.717) is 23.7 Å². The number of benzene rings is 2. The lowest BCUT2D eigenvalue weighted by atomic mass is 10.1. The van der Waals surface area contributed by atoms with Crippen molar-refractivity contribution in [3.8, 4) is 0 Å². The van der Waals surface area contributed by atoms with E-state index in [1.54, 1.807) is 24.4 Å². The maximum atomic E-state index is 12.4. The molecule has 8 nitrogen and oxygen atoms in total. The monoisotopic (exact) mass is 451 g/mol. The Labute approximate surface area is 187 Å². The van der Waals surface area contributed by atoms with Crippen molar-refractivity contribution in [3.05, 3.63) is 77.9 Å². The molecule has 0 radical (unpaired) electrons. The molecule has 1 aliphatic heterocycles. The van der Waals surface area contributed by atoms with Gasteiger partial charge in [0.15, 0.2) is 0 Å². The van der Waals surface area contributed by atoms with Crippen molar-refractivity contribution in [3.63, 3.8) is 0 Å². The third-order valence-corrected chi connectivity index (χ3v) is 6.50. The molecule has 0 spiro atoms. The molecule has 0 fully saturated rings. The molecule has 1 aliphatic rings. The first kappa shape index (κ1) is 21.8. The lowest BCUT2D eigenvalue weighted by molar-refractivity contribution is -0.116. The van der Waals surface area contributed by atoms with E-state index < -0.39 is 10.0 Å². The summed E-state index contributed by atoms with van der Waals surface area (Å²) < 4.78 is 28.8. The number of carbonyl (C=O) groups is 1. The average molecular weight is 452 g/mol. The Morgan fingerprint density at radius 3 is 2.81 bits per heavy atom. The van der Waals surface area contributed by atoms with E-state index in [2.05, 4.69) is 38.4 Å². The molecular weight excluding hydrogens is 426 g/mol. The van der Waals surface area contributed by atoms with Crippen molar-refractivity contribution in [1.82, 2.24) is 14.3 Å². The minimum absolute atomic E-state index is 0.136. The second-order valence-electron chi connectivity index (χ2n) is 7.90. The van der Waals surface area contributed by atoms with Gasteiger partial charge in [-0.05, 0) is 29.8 Å². The number of nitrogens with one attached hydrogen (secondary N) is 2. The van der Waals surface area contributed by atoms with Crippen molar-refractivity contribution in [1.29, 1.82) is 0 Å². The Balaban J connectivity index is 1.37. The van der Waals surface area contributed by atoms with Crippen molar-refractivity contribution in [2.45, 2.75) is 37.6 Å². The SMILES string of the molecule is CC(C)c1nccn1Cc1cccc(NC(=O)CCN=C2NS(=O)(=O)c3ccccc32)c1. The van der Waals surface area contributed by atoms with Gasteiger partial charge in [-0.2, -0.15) is 0 Å². The van der Waals surface area contributed by atoms with E-state index in [0.717, 1.165) is 11.4 Å². The number of carbonyl (C=O) groups excluding carboxylic acids is 1. The molecule has 0 bridgehead atoms. The van der Waals surface area contributed by atoms with Gasteiger partial charge < -0.3 is 9.88 Å². The summed E-state index contributed by atoms with van der Waals surface area (Å²) in [4.78, 5) is 21.3. The third kappa shape index (κ3) is 4.72. The molecule has 3 aromatic rings. The molecule has 32 heavy (non-hydrogen) atoms. The number of amides is 1. The number of hydrogen-bond acceptors (Lipinski definition) is 5. The van der Waals surface area contributed by atoms with Crippen LogP contribution in [0, 0.1) is 0 Å². The molecule has 4 rings (SSSR count). The molecule has 2 aromatic carbocycles. The smallest absolute Gasteiger partial charge is 0.263 e. The van der Waals surface area contributed by atoms with Crippen LogP contribution >= 0.6 is 0 Å². The van der Waals surface area contributed by atoms with Gasteiger partial charge in [-0.15, -0.1) is 0 Å². The predicted molar refractivity (Wildman–Crippen MR) is 123 cm³/mol. The van der Waals surface area contributed by atoms with Gasteiger partial charge in [0.05, 0.1) is 11.4 Å². The van der Waals surface area contributed by atoms with Gasteiger partial charge in [-0.25, -0.2) is 13.4 Å². The van der Waals surface area contributed by atoms with Crippen molar-refractivity contribution >= 4 is 27.5 Å². The van der Waals surface area contributed by atoms with Crippen LogP contribution in [0.5, 0.6) is 0 Å². The molecule has 0 unspecified atom stereocenters. The molecular formula is C23H25N5O3S. The molecule has 0 aliphatic carbocycles. The number of rotatable bonds is 7. The van der Waals surface area contributed by atoms with Crippen LogP contribution in [-0.2, 0) is 21.4 Å². The molecule has 0 saturated carbocycles. The van der Waals surface area contributed by atoms with Gasteiger partial charge in [0.1, 0.15) is 11.7 Å². The zero-order valence-corrected chi connectivity index (χ0v) is 18.8. The number of sulfonamides is 1. The standard InChI is InChI=1S/C23H25N5O3S/c1-16(2)23-25-12-13-28(23)15-17-6-5-7-18(14-17)26-21(29)10-11-24-22-19-8-3-4-9-20(19)32(30,31)27-22/h3-9,12-14,16H,10-11,15H2,1-2H3,(H,24,27)(H,26,29). The first-order valence-electron chi connectivity index (χ1n) is 10.4. The minimum Gasteiger partial charge on any atom is -0.330 e. The van der Waals surface area contributed by atoms with E-state index in [9.17, 15) is 13.2 Å². The quantitative estimate of drug-likeness (QED) is 0.576.